The lowest BCUT2D eigenvalue weighted by molar-refractivity contribution is -0.000442. The predicted molar refractivity (Wildman–Crippen MR) is 52.9 cm³/mol. The molecule has 1 fully saturated rings. The summed E-state index contributed by atoms with van der Waals surface area (Å²) >= 11 is 0. The average Bonchev–Trinajstić information content (AvgIpc) is 2.32. The van der Waals surface area contributed by atoms with E-state index in [-0.39, 0.29) is 11.8 Å². The average molecular weight is 188 g/mol. The Hall–Kier alpha value is 0.137. The predicted octanol–water partition coefficient (Wildman–Crippen LogP) is 1.79. The molecule has 0 aliphatic carbocycles. The molecule has 0 amide bonds. The molecule has 1 saturated heterocycles. The summed E-state index contributed by atoms with van der Waals surface area (Å²) in [5, 5.41) is 9.94. The molecular formula is C9H20O2Si. The first kappa shape index (κ1) is 10.2. The van der Waals surface area contributed by atoms with Crippen molar-refractivity contribution in [3.8, 4) is 0 Å². The van der Waals surface area contributed by atoms with Gasteiger partial charge in [-0.2, -0.15) is 0 Å². The molecule has 0 bridgehead atoms. The zero-order chi connectivity index (χ0) is 9.35. The maximum absolute atomic E-state index is 9.94. The number of rotatable bonds is 2. The quantitative estimate of drug-likeness (QED) is 0.670. The van der Waals surface area contributed by atoms with E-state index in [1.54, 1.807) is 0 Å². The van der Waals surface area contributed by atoms with Gasteiger partial charge in [0.1, 0.15) is 0 Å². The highest BCUT2D eigenvalue weighted by molar-refractivity contribution is 6.77. The van der Waals surface area contributed by atoms with Crippen molar-refractivity contribution in [2.24, 2.45) is 0 Å². The molecule has 0 aromatic carbocycles. The molecule has 1 N–H and O–H groups in total. The van der Waals surface area contributed by atoms with Gasteiger partial charge in [0.15, 0.2) is 0 Å². The van der Waals surface area contributed by atoms with Crippen molar-refractivity contribution in [2.75, 3.05) is 0 Å². The molecule has 72 valence electrons. The summed E-state index contributed by atoms with van der Waals surface area (Å²) in [5.74, 6) is 0. The first-order valence-electron chi connectivity index (χ1n) is 4.75. The van der Waals surface area contributed by atoms with Crippen LogP contribution in [0.3, 0.4) is 0 Å². The van der Waals surface area contributed by atoms with E-state index in [0.717, 1.165) is 12.8 Å². The van der Waals surface area contributed by atoms with Crippen LogP contribution < -0.4 is 0 Å². The van der Waals surface area contributed by atoms with Gasteiger partial charge in [0.2, 0.25) is 0 Å². The third-order valence-electron chi connectivity index (χ3n) is 2.50. The molecule has 1 aliphatic heterocycles. The second kappa shape index (κ2) is 3.48. The molecule has 12 heavy (non-hydrogen) atoms. The van der Waals surface area contributed by atoms with Crippen molar-refractivity contribution in [3.05, 3.63) is 0 Å². The van der Waals surface area contributed by atoms with Crippen molar-refractivity contribution >= 4 is 8.07 Å². The second-order valence-electron chi connectivity index (χ2n) is 4.87. The zero-order valence-electron chi connectivity index (χ0n) is 8.50. The van der Waals surface area contributed by atoms with Gasteiger partial charge in [0, 0.05) is 0 Å². The van der Waals surface area contributed by atoms with Crippen LogP contribution in [0.15, 0.2) is 0 Å². The highest BCUT2D eigenvalue weighted by Crippen LogP contribution is 2.25. The standard InChI is InChI=1S/C9H20O2Si/c1-7-5-6-8(11-7)9(10)12(2,3)4/h7-10H,5-6H2,1-4H3. The maximum Gasteiger partial charge on any atom is 0.0815 e. The molecule has 0 aromatic heterocycles. The number of aliphatic hydroxyl groups excluding tert-OH is 1. The Morgan fingerprint density at radius 3 is 2.25 bits per heavy atom. The molecule has 0 aromatic rings. The Bertz CT molecular complexity index is 153. The Kier molecular flexibility index (Phi) is 2.96. The van der Waals surface area contributed by atoms with Gasteiger partial charge in [0.25, 0.3) is 0 Å². The van der Waals surface area contributed by atoms with Crippen molar-refractivity contribution < 1.29 is 9.84 Å². The minimum absolute atomic E-state index is 0.117. The lowest BCUT2D eigenvalue weighted by Crippen LogP contribution is -2.46. The fourth-order valence-electron chi connectivity index (χ4n) is 1.62. The summed E-state index contributed by atoms with van der Waals surface area (Å²) in [6.45, 7) is 8.63. The van der Waals surface area contributed by atoms with E-state index in [1.807, 2.05) is 0 Å². The lowest BCUT2D eigenvalue weighted by atomic mass is 10.2. The molecular weight excluding hydrogens is 168 g/mol. The van der Waals surface area contributed by atoms with E-state index in [9.17, 15) is 5.11 Å². The highest BCUT2D eigenvalue weighted by atomic mass is 28.3. The van der Waals surface area contributed by atoms with E-state index >= 15 is 0 Å². The summed E-state index contributed by atoms with van der Waals surface area (Å²) in [7, 11) is -1.42. The van der Waals surface area contributed by atoms with Crippen LogP contribution in [-0.2, 0) is 4.74 Å². The summed E-state index contributed by atoms with van der Waals surface area (Å²) in [4.78, 5) is 0. The van der Waals surface area contributed by atoms with Gasteiger partial charge in [-0.25, -0.2) is 0 Å². The van der Waals surface area contributed by atoms with Crippen LogP contribution >= 0.6 is 0 Å². The van der Waals surface area contributed by atoms with Crippen molar-refractivity contribution in [1.29, 1.82) is 0 Å². The Balaban J connectivity index is 2.48. The van der Waals surface area contributed by atoms with Crippen LogP contribution in [0.5, 0.6) is 0 Å². The van der Waals surface area contributed by atoms with E-state index in [2.05, 4.69) is 26.6 Å². The minimum Gasteiger partial charge on any atom is -0.394 e. The number of ether oxygens (including phenoxy) is 1. The molecule has 3 unspecified atom stereocenters. The summed E-state index contributed by atoms with van der Waals surface area (Å²) in [5.41, 5.74) is -0.192. The van der Waals surface area contributed by atoms with Crippen LogP contribution in [0.4, 0.5) is 0 Å². The van der Waals surface area contributed by atoms with Gasteiger partial charge in [-0.3, -0.25) is 0 Å². The molecule has 3 atom stereocenters. The zero-order valence-corrected chi connectivity index (χ0v) is 9.50. The molecule has 0 saturated carbocycles. The van der Waals surface area contributed by atoms with Gasteiger partial charge >= 0.3 is 0 Å². The van der Waals surface area contributed by atoms with E-state index in [4.69, 9.17) is 4.74 Å². The molecule has 1 rings (SSSR count). The third-order valence-corrected chi connectivity index (χ3v) is 4.65. The largest absolute Gasteiger partial charge is 0.394 e. The Morgan fingerprint density at radius 1 is 1.33 bits per heavy atom. The summed E-state index contributed by atoms with van der Waals surface area (Å²) in [6.07, 6.45) is 2.60. The fraction of sp³-hybridized carbons (Fsp3) is 1.00. The molecule has 0 spiro atoms. The molecule has 1 heterocycles. The van der Waals surface area contributed by atoms with Crippen LogP contribution in [0, 0.1) is 0 Å². The van der Waals surface area contributed by atoms with Gasteiger partial charge in [0.05, 0.1) is 26.0 Å². The lowest BCUT2D eigenvalue weighted by Gasteiger charge is -2.28. The Morgan fingerprint density at radius 2 is 1.92 bits per heavy atom. The SMILES string of the molecule is CC1CCC(C(O)[Si](C)(C)C)O1. The van der Waals surface area contributed by atoms with Crippen LogP contribution in [0.1, 0.15) is 19.8 Å². The van der Waals surface area contributed by atoms with Crippen LogP contribution in [0.25, 0.3) is 0 Å². The number of aliphatic hydroxyl groups is 1. The van der Waals surface area contributed by atoms with E-state index in [0.29, 0.717) is 6.10 Å². The van der Waals surface area contributed by atoms with E-state index < -0.39 is 8.07 Å². The molecule has 0 radical (unpaired) electrons. The Labute approximate surface area is 75.9 Å². The topological polar surface area (TPSA) is 29.5 Å². The molecule has 1 aliphatic rings. The highest BCUT2D eigenvalue weighted by Gasteiger charge is 2.36. The number of hydrogen-bond acceptors (Lipinski definition) is 2. The smallest absolute Gasteiger partial charge is 0.0815 e. The second-order valence-corrected chi connectivity index (χ2v) is 10.2. The monoisotopic (exact) mass is 188 g/mol. The third kappa shape index (κ3) is 2.31. The van der Waals surface area contributed by atoms with Crippen LogP contribution in [-0.4, -0.2) is 31.1 Å². The van der Waals surface area contributed by atoms with Gasteiger partial charge in [-0.1, -0.05) is 19.6 Å². The normalized spacial score (nSPS) is 33.8. The summed E-state index contributed by atoms with van der Waals surface area (Å²) < 4.78 is 5.63. The maximum atomic E-state index is 9.94. The first-order valence-corrected chi connectivity index (χ1v) is 8.32. The first-order chi connectivity index (χ1) is 5.41. The van der Waals surface area contributed by atoms with Gasteiger partial charge in [-0.05, 0) is 19.8 Å². The van der Waals surface area contributed by atoms with E-state index in [1.165, 1.54) is 0 Å². The van der Waals surface area contributed by atoms with Gasteiger partial charge in [-0.15, -0.1) is 0 Å². The van der Waals surface area contributed by atoms with Gasteiger partial charge < -0.3 is 9.84 Å². The fourth-order valence-corrected chi connectivity index (χ4v) is 2.98. The number of hydrogen-bond donors (Lipinski definition) is 1. The molecule has 2 nitrogen and oxygen atoms in total. The van der Waals surface area contributed by atoms with Crippen LogP contribution in [0.2, 0.25) is 19.6 Å². The van der Waals surface area contributed by atoms with Crippen molar-refractivity contribution in [2.45, 2.75) is 57.3 Å². The summed E-state index contributed by atoms with van der Waals surface area (Å²) in [6, 6.07) is 0. The molecule has 3 heteroatoms. The van der Waals surface area contributed by atoms with Crippen molar-refractivity contribution in [1.82, 2.24) is 0 Å². The van der Waals surface area contributed by atoms with Crippen molar-refractivity contribution in [3.63, 3.8) is 0 Å². The minimum atomic E-state index is -1.42.